The van der Waals surface area contributed by atoms with E-state index in [2.05, 4.69) is 33.5 Å². The minimum absolute atomic E-state index is 0.397. The number of hydrogen-bond acceptors (Lipinski definition) is 3. The molecule has 80 valence electrons. The molecular weight excluding hydrogens is 207 g/mol. The van der Waals surface area contributed by atoms with Gasteiger partial charge in [-0.3, -0.25) is 0 Å². The molecule has 0 fully saturated rings. The molecule has 0 atom stereocenters. The summed E-state index contributed by atoms with van der Waals surface area (Å²) in [5, 5.41) is 0. The quantitative estimate of drug-likeness (QED) is 0.417. The summed E-state index contributed by atoms with van der Waals surface area (Å²) in [5.74, 6) is -0.479. The molecule has 0 saturated carbocycles. The van der Waals surface area contributed by atoms with E-state index in [1.165, 1.54) is 6.16 Å². The Morgan fingerprint density at radius 1 is 1.38 bits per heavy atom. The first-order valence-electron chi connectivity index (χ1n) is 3.97. The van der Waals surface area contributed by atoms with Gasteiger partial charge in [0.15, 0.2) is 0 Å². The summed E-state index contributed by atoms with van der Waals surface area (Å²) in [6.07, 6.45) is 2.44. The van der Waals surface area contributed by atoms with Crippen molar-refractivity contribution in [3.63, 3.8) is 0 Å². The van der Waals surface area contributed by atoms with Crippen molar-refractivity contribution in [3.8, 4) is 0 Å². The van der Waals surface area contributed by atoms with E-state index < -0.39 is 23.1 Å². The molecule has 0 aliphatic heterocycles. The smallest absolute Gasteiger partial charge is 0.0982 e. The zero-order valence-corrected chi connectivity index (χ0v) is 10.5. The van der Waals surface area contributed by atoms with Crippen molar-refractivity contribution in [2.45, 2.75) is 6.92 Å². The Labute approximate surface area is 82.3 Å². The van der Waals surface area contributed by atoms with E-state index in [0.717, 1.165) is 6.08 Å². The van der Waals surface area contributed by atoms with E-state index in [1.807, 2.05) is 0 Å². The molecule has 0 bridgehead atoms. The molecule has 0 unspecified atom stereocenters. The van der Waals surface area contributed by atoms with Gasteiger partial charge in [-0.2, -0.15) is 0 Å². The van der Waals surface area contributed by atoms with Gasteiger partial charge in [0.1, 0.15) is 0 Å². The monoisotopic (exact) mass is 226 g/mol. The predicted octanol–water partition coefficient (Wildman–Crippen LogP) is 1.63. The average Bonchev–Trinajstić information content (AvgIpc) is 1.84. The molecule has 0 amide bonds. The highest BCUT2D eigenvalue weighted by Gasteiger charge is 2.10. The Balaban J connectivity index is 0. The second-order valence-corrected chi connectivity index (χ2v) is 10.3. The van der Waals surface area contributed by atoms with Gasteiger partial charge in [0.2, 0.25) is 0 Å². The van der Waals surface area contributed by atoms with E-state index in [0.29, 0.717) is 0 Å². The van der Waals surface area contributed by atoms with Crippen molar-refractivity contribution in [1.29, 1.82) is 0 Å². The minimum Gasteiger partial charge on any atom is -0.748 e. The molecule has 0 rings (SSSR count). The van der Waals surface area contributed by atoms with Crippen LogP contribution in [0.15, 0.2) is 12.7 Å². The molecule has 0 aliphatic carbocycles. The fourth-order valence-electron chi connectivity index (χ4n) is 0.144. The standard InChI is InChI=1S/C5H14P.C3H6O3S/c1-5-6(2,3)4;1-2-3-7(4,5)6/h5H2,1-4H3;2H,1,3H2,(H,4,5,6)/q+1;/p-1. The predicted molar refractivity (Wildman–Crippen MR) is 60.0 cm³/mol. The van der Waals surface area contributed by atoms with Gasteiger partial charge in [0, 0.05) is 27.3 Å². The molecule has 0 aromatic rings. The Morgan fingerprint density at radius 3 is 1.69 bits per heavy atom. The van der Waals surface area contributed by atoms with Crippen molar-refractivity contribution in [1.82, 2.24) is 0 Å². The Kier molecular flexibility index (Phi) is 7.80. The third kappa shape index (κ3) is 24.5. The van der Waals surface area contributed by atoms with E-state index in [1.54, 1.807) is 0 Å². The molecule has 13 heavy (non-hydrogen) atoms. The number of rotatable bonds is 3. The van der Waals surface area contributed by atoms with Crippen LogP contribution in [0.1, 0.15) is 6.92 Å². The van der Waals surface area contributed by atoms with Crippen molar-refractivity contribution in [2.75, 3.05) is 31.9 Å². The van der Waals surface area contributed by atoms with Crippen LogP contribution in [-0.4, -0.2) is 44.9 Å². The van der Waals surface area contributed by atoms with Gasteiger partial charge in [0.25, 0.3) is 0 Å². The SMILES string of the molecule is C=CCS(=O)(=O)[O-].CC[P+](C)(C)C. The lowest BCUT2D eigenvalue weighted by molar-refractivity contribution is 0.466. The summed E-state index contributed by atoms with van der Waals surface area (Å²) in [6.45, 7) is 12.4. The maximum Gasteiger partial charge on any atom is 0.0982 e. The van der Waals surface area contributed by atoms with Crippen LogP contribution in [0.4, 0.5) is 0 Å². The average molecular weight is 226 g/mol. The van der Waals surface area contributed by atoms with E-state index in [4.69, 9.17) is 0 Å². The van der Waals surface area contributed by atoms with Gasteiger partial charge in [-0.1, -0.05) is 6.08 Å². The van der Waals surface area contributed by atoms with Gasteiger partial charge < -0.3 is 4.55 Å². The molecular formula is C8H19O3PS. The molecule has 0 spiro atoms. The summed E-state index contributed by atoms with van der Waals surface area (Å²) in [6, 6.07) is 0. The van der Waals surface area contributed by atoms with Crippen molar-refractivity contribution in [3.05, 3.63) is 12.7 Å². The second-order valence-electron chi connectivity index (χ2n) is 3.62. The van der Waals surface area contributed by atoms with Crippen molar-refractivity contribution in [2.24, 2.45) is 0 Å². The first-order chi connectivity index (χ1) is 5.62. The normalized spacial score (nSPS) is 11.5. The molecule has 0 radical (unpaired) electrons. The first-order valence-corrected chi connectivity index (χ1v) is 8.86. The number of hydrogen-bond donors (Lipinski definition) is 0. The van der Waals surface area contributed by atoms with E-state index >= 15 is 0 Å². The molecule has 0 aromatic heterocycles. The topological polar surface area (TPSA) is 57.2 Å². The van der Waals surface area contributed by atoms with Crippen LogP contribution in [0.25, 0.3) is 0 Å². The van der Waals surface area contributed by atoms with Crippen LogP contribution in [-0.2, 0) is 10.1 Å². The molecule has 5 heteroatoms. The second kappa shape index (κ2) is 6.52. The van der Waals surface area contributed by atoms with Crippen molar-refractivity contribution < 1.29 is 13.0 Å². The molecule has 0 heterocycles. The largest absolute Gasteiger partial charge is 0.748 e. The first kappa shape index (κ1) is 15.5. The van der Waals surface area contributed by atoms with Crippen LogP contribution in [0.5, 0.6) is 0 Å². The van der Waals surface area contributed by atoms with Crippen LogP contribution >= 0.6 is 7.26 Å². The third-order valence-electron chi connectivity index (χ3n) is 1.27. The fourth-order valence-corrected chi connectivity index (χ4v) is 0.433. The zero-order valence-electron chi connectivity index (χ0n) is 8.78. The Hall–Kier alpha value is 0.0800. The Morgan fingerprint density at radius 2 is 1.69 bits per heavy atom. The zero-order chi connectivity index (χ0) is 11.1. The van der Waals surface area contributed by atoms with Crippen LogP contribution in [0, 0.1) is 0 Å². The molecule has 0 aliphatic rings. The van der Waals surface area contributed by atoms with E-state index in [-0.39, 0.29) is 0 Å². The van der Waals surface area contributed by atoms with Crippen LogP contribution in [0.2, 0.25) is 0 Å². The van der Waals surface area contributed by atoms with Gasteiger partial charge in [-0.25, -0.2) is 8.42 Å². The van der Waals surface area contributed by atoms with Crippen LogP contribution < -0.4 is 0 Å². The maximum absolute atomic E-state index is 9.60. The van der Waals surface area contributed by atoms with Crippen LogP contribution in [0.3, 0.4) is 0 Å². The fraction of sp³-hybridized carbons (Fsp3) is 0.750. The minimum atomic E-state index is -4.04. The highest BCUT2D eigenvalue weighted by molar-refractivity contribution is 7.85. The summed E-state index contributed by atoms with van der Waals surface area (Å²) in [5.41, 5.74) is 0. The lowest BCUT2D eigenvalue weighted by Crippen LogP contribution is -1.99. The summed E-state index contributed by atoms with van der Waals surface area (Å²) < 4.78 is 28.8. The highest BCUT2D eigenvalue weighted by Crippen LogP contribution is 2.45. The summed E-state index contributed by atoms with van der Waals surface area (Å²) in [7, 11) is -4.44. The molecule has 0 aromatic carbocycles. The van der Waals surface area contributed by atoms with Crippen molar-refractivity contribution >= 4 is 17.4 Å². The third-order valence-corrected chi connectivity index (χ3v) is 3.81. The molecule has 0 saturated heterocycles. The Bertz CT molecular complexity index is 226. The highest BCUT2D eigenvalue weighted by atomic mass is 32.2. The van der Waals surface area contributed by atoms with Gasteiger partial charge >= 0.3 is 0 Å². The lowest BCUT2D eigenvalue weighted by atomic mass is 10.8. The van der Waals surface area contributed by atoms with Gasteiger partial charge in [-0.05, 0) is 6.92 Å². The summed E-state index contributed by atoms with van der Waals surface area (Å²) in [4.78, 5) is 0. The molecule has 0 N–H and O–H groups in total. The van der Waals surface area contributed by atoms with E-state index in [9.17, 15) is 13.0 Å². The molecule has 3 nitrogen and oxygen atoms in total. The van der Waals surface area contributed by atoms with Gasteiger partial charge in [0.05, 0.1) is 22.0 Å². The summed E-state index contributed by atoms with van der Waals surface area (Å²) >= 11 is 0. The van der Waals surface area contributed by atoms with Gasteiger partial charge in [-0.15, -0.1) is 6.58 Å². The maximum atomic E-state index is 9.60. The lowest BCUT2D eigenvalue weighted by Gasteiger charge is -2.05.